The number of carbonyl (C=O) groups is 1. The van der Waals surface area contributed by atoms with E-state index in [2.05, 4.69) is 25.5 Å². The van der Waals surface area contributed by atoms with Gasteiger partial charge in [0.2, 0.25) is 0 Å². The predicted octanol–water partition coefficient (Wildman–Crippen LogP) is 4.42. The van der Waals surface area contributed by atoms with E-state index >= 15 is 0 Å². The van der Waals surface area contributed by atoms with Gasteiger partial charge in [0.25, 0.3) is 0 Å². The number of fused-ring (bicyclic) bond motifs is 3. The second-order valence-corrected chi connectivity index (χ2v) is 7.97. The Kier molecular flexibility index (Phi) is 5.50. The molecule has 28 heavy (non-hydrogen) atoms. The molecule has 1 amide bonds. The number of amides is 1. The summed E-state index contributed by atoms with van der Waals surface area (Å²) in [5.41, 5.74) is 2.68. The van der Waals surface area contributed by atoms with Gasteiger partial charge in [-0.15, -0.1) is 0 Å². The number of hydrogen-bond acceptors (Lipinski definition) is 4. The van der Waals surface area contributed by atoms with Crippen LogP contribution in [0.25, 0.3) is 21.9 Å². The van der Waals surface area contributed by atoms with Gasteiger partial charge in [-0.3, -0.25) is 4.98 Å². The van der Waals surface area contributed by atoms with Crippen molar-refractivity contribution in [3.05, 3.63) is 34.7 Å². The highest BCUT2D eigenvalue weighted by Gasteiger charge is 2.28. The molecule has 2 aromatic heterocycles. The molecule has 1 aliphatic rings. The third-order valence-electron chi connectivity index (χ3n) is 5.32. The average Bonchev–Trinajstić information content (AvgIpc) is 3.04. The molecule has 0 spiro atoms. The monoisotopic (exact) mass is 446 g/mol. The Bertz CT molecular complexity index is 1020. The van der Waals surface area contributed by atoms with Crippen molar-refractivity contribution in [3.8, 4) is 0 Å². The first-order valence-corrected chi connectivity index (χ1v) is 10.4. The molecule has 7 nitrogen and oxygen atoms in total. The Labute approximate surface area is 171 Å². The van der Waals surface area contributed by atoms with E-state index in [1.807, 2.05) is 25.1 Å². The van der Waals surface area contributed by atoms with Crippen LogP contribution in [0.2, 0.25) is 0 Å². The number of imidazole rings is 1. The van der Waals surface area contributed by atoms with E-state index in [4.69, 9.17) is 9.72 Å². The number of hydrogen-bond donors (Lipinski definition) is 1. The molecule has 0 bridgehead atoms. The smallest absolute Gasteiger partial charge is 0.407 e. The molecule has 0 radical (unpaired) electrons. The molecule has 4 rings (SSSR count). The Hall–Kier alpha value is -2.19. The average molecular weight is 447 g/mol. The van der Waals surface area contributed by atoms with E-state index in [-0.39, 0.29) is 6.04 Å². The summed E-state index contributed by atoms with van der Waals surface area (Å²) in [6.07, 6.45) is 3.74. The summed E-state index contributed by atoms with van der Waals surface area (Å²) in [4.78, 5) is 22.6. The van der Waals surface area contributed by atoms with Gasteiger partial charge in [-0.25, -0.2) is 9.78 Å². The van der Waals surface area contributed by atoms with Crippen LogP contribution in [0.15, 0.2) is 28.9 Å². The van der Waals surface area contributed by atoms with Crippen LogP contribution >= 0.6 is 15.9 Å². The summed E-state index contributed by atoms with van der Waals surface area (Å²) >= 11 is 3.50. The van der Waals surface area contributed by atoms with Gasteiger partial charge in [0.05, 0.1) is 23.3 Å². The summed E-state index contributed by atoms with van der Waals surface area (Å²) in [5, 5.41) is 10.6. The Morgan fingerprint density at radius 3 is 3.00 bits per heavy atom. The van der Waals surface area contributed by atoms with E-state index in [0.29, 0.717) is 26.3 Å². The number of rotatable bonds is 5. The number of benzene rings is 1. The molecule has 148 valence electrons. The molecule has 1 N–H and O–H groups in total. The summed E-state index contributed by atoms with van der Waals surface area (Å²) in [6.45, 7) is 4.10. The fourth-order valence-electron chi connectivity index (χ4n) is 3.99. The molecule has 0 saturated carbocycles. The van der Waals surface area contributed by atoms with Crippen molar-refractivity contribution in [3.63, 3.8) is 0 Å². The number of likely N-dealkylation sites (tertiary alicyclic amines) is 1. The van der Waals surface area contributed by atoms with Crippen LogP contribution in [0.1, 0.15) is 32.0 Å². The fraction of sp³-hybridized carbons (Fsp3) is 0.450. The highest BCUT2D eigenvalue weighted by molar-refractivity contribution is 9.10. The Morgan fingerprint density at radius 1 is 1.36 bits per heavy atom. The predicted molar refractivity (Wildman–Crippen MR) is 110 cm³/mol. The van der Waals surface area contributed by atoms with Crippen molar-refractivity contribution in [1.82, 2.24) is 19.4 Å². The molecule has 1 saturated heterocycles. The second kappa shape index (κ2) is 8.05. The number of halogens is 1. The number of piperidine rings is 1. The molecule has 1 unspecified atom stereocenters. The SMILES string of the molecule is CCOCc1nc2cnc3cc(Br)ccc3c2n1CC1CCCCN1C(=O)O. The zero-order valence-electron chi connectivity index (χ0n) is 15.8. The third kappa shape index (κ3) is 3.58. The first kappa shape index (κ1) is 19.1. The molecule has 1 aliphatic heterocycles. The fourth-order valence-corrected chi connectivity index (χ4v) is 4.34. The maximum absolute atomic E-state index is 11.7. The van der Waals surface area contributed by atoms with Gasteiger partial charge in [-0.2, -0.15) is 0 Å². The van der Waals surface area contributed by atoms with Crippen LogP contribution in [0, 0.1) is 0 Å². The normalized spacial score (nSPS) is 17.5. The number of pyridine rings is 1. The van der Waals surface area contributed by atoms with Crippen LogP contribution in [-0.2, 0) is 17.9 Å². The van der Waals surface area contributed by atoms with Gasteiger partial charge in [-0.05, 0) is 44.4 Å². The first-order chi connectivity index (χ1) is 13.6. The van der Waals surface area contributed by atoms with Gasteiger partial charge in [0, 0.05) is 29.6 Å². The lowest BCUT2D eigenvalue weighted by atomic mass is 10.0. The number of nitrogens with zero attached hydrogens (tertiary/aromatic N) is 4. The quantitative estimate of drug-likeness (QED) is 0.627. The minimum absolute atomic E-state index is 0.0670. The Morgan fingerprint density at radius 2 is 2.21 bits per heavy atom. The van der Waals surface area contributed by atoms with Gasteiger partial charge < -0.3 is 19.3 Å². The van der Waals surface area contributed by atoms with Crippen molar-refractivity contribution >= 4 is 44.0 Å². The third-order valence-corrected chi connectivity index (χ3v) is 5.81. The van der Waals surface area contributed by atoms with Crippen molar-refractivity contribution in [2.24, 2.45) is 0 Å². The van der Waals surface area contributed by atoms with Crippen molar-refractivity contribution in [2.75, 3.05) is 13.2 Å². The number of aromatic nitrogens is 3. The van der Waals surface area contributed by atoms with Crippen molar-refractivity contribution in [2.45, 2.75) is 45.4 Å². The van der Waals surface area contributed by atoms with Gasteiger partial charge in [0.15, 0.2) is 0 Å². The minimum atomic E-state index is -0.851. The lowest BCUT2D eigenvalue weighted by molar-refractivity contribution is 0.0969. The van der Waals surface area contributed by atoms with Crippen LogP contribution in [0.5, 0.6) is 0 Å². The first-order valence-electron chi connectivity index (χ1n) is 9.59. The van der Waals surface area contributed by atoms with E-state index in [1.54, 1.807) is 11.1 Å². The van der Waals surface area contributed by atoms with Crippen molar-refractivity contribution in [1.29, 1.82) is 0 Å². The second-order valence-electron chi connectivity index (χ2n) is 7.05. The number of carboxylic acid groups (broad SMARTS) is 1. The highest BCUT2D eigenvalue weighted by Crippen LogP contribution is 2.29. The van der Waals surface area contributed by atoms with E-state index < -0.39 is 6.09 Å². The molecular formula is C20H23BrN4O3. The van der Waals surface area contributed by atoms with Crippen molar-refractivity contribution < 1.29 is 14.6 Å². The van der Waals surface area contributed by atoms with Gasteiger partial charge in [0.1, 0.15) is 17.9 Å². The van der Waals surface area contributed by atoms with Crippen LogP contribution in [0.4, 0.5) is 4.79 Å². The maximum Gasteiger partial charge on any atom is 0.407 e. The minimum Gasteiger partial charge on any atom is -0.465 e. The topological polar surface area (TPSA) is 80.5 Å². The largest absolute Gasteiger partial charge is 0.465 e. The molecule has 0 aliphatic carbocycles. The lowest BCUT2D eigenvalue weighted by Crippen LogP contribution is -2.45. The summed E-state index contributed by atoms with van der Waals surface area (Å²) < 4.78 is 8.75. The molecule has 1 fully saturated rings. The molecule has 8 heteroatoms. The standard InChI is InChI=1S/C20H23BrN4O3/c1-2-28-12-18-23-17-10-22-16-9-13(21)6-7-15(16)19(17)25(18)11-14-5-3-4-8-24(14)20(26)27/h6-7,9-10,14H,2-5,8,11-12H2,1H3,(H,26,27). The Balaban J connectivity index is 1.84. The van der Waals surface area contributed by atoms with Crippen LogP contribution < -0.4 is 0 Å². The zero-order chi connectivity index (χ0) is 19.7. The molecule has 1 atom stereocenters. The summed E-state index contributed by atoms with van der Waals surface area (Å²) in [7, 11) is 0. The number of ether oxygens (including phenoxy) is 1. The molecular weight excluding hydrogens is 424 g/mol. The highest BCUT2D eigenvalue weighted by atomic mass is 79.9. The van der Waals surface area contributed by atoms with Crippen LogP contribution in [0.3, 0.4) is 0 Å². The van der Waals surface area contributed by atoms with Gasteiger partial charge >= 0.3 is 6.09 Å². The van der Waals surface area contributed by atoms with E-state index in [0.717, 1.165) is 51.5 Å². The summed E-state index contributed by atoms with van der Waals surface area (Å²) in [6, 6.07) is 5.95. The summed E-state index contributed by atoms with van der Waals surface area (Å²) in [5.74, 6) is 0.810. The maximum atomic E-state index is 11.7. The van der Waals surface area contributed by atoms with E-state index in [9.17, 15) is 9.90 Å². The molecule has 3 heterocycles. The van der Waals surface area contributed by atoms with Crippen LogP contribution in [-0.4, -0.2) is 49.8 Å². The van der Waals surface area contributed by atoms with E-state index in [1.165, 1.54) is 0 Å². The van der Waals surface area contributed by atoms with Gasteiger partial charge in [-0.1, -0.05) is 15.9 Å². The molecule has 3 aromatic rings. The lowest BCUT2D eigenvalue weighted by Gasteiger charge is -2.34. The zero-order valence-corrected chi connectivity index (χ0v) is 17.4. The molecule has 1 aromatic carbocycles.